The molecule has 1 aliphatic heterocycles. The molecule has 0 radical (unpaired) electrons. The lowest BCUT2D eigenvalue weighted by Crippen LogP contribution is -2.48. The quantitative estimate of drug-likeness (QED) is 0.692. The Hall–Kier alpha value is -2.09. The Balaban J connectivity index is 1.84. The Labute approximate surface area is 163 Å². The number of carbonyl (C=O) groups excluding carboxylic acids is 2. The van der Waals surface area contributed by atoms with E-state index >= 15 is 0 Å². The molecule has 0 aromatic heterocycles. The molecule has 1 aliphatic rings. The number of carbonyl (C=O) groups is 2. The lowest BCUT2D eigenvalue weighted by molar-refractivity contribution is -0.127. The maximum atomic E-state index is 13.7. The van der Waals surface area contributed by atoms with Gasteiger partial charge in [0, 0.05) is 12.5 Å². The van der Waals surface area contributed by atoms with Gasteiger partial charge in [-0.1, -0.05) is 13.8 Å². The molecule has 2 amide bonds. The molecule has 1 fully saturated rings. The number of hydrogen-bond acceptors (Lipinski definition) is 3. The van der Waals surface area contributed by atoms with Gasteiger partial charge in [-0.15, -0.1) is 0 Å². The highest BCUT2D eigenvalue weighted by Gasteiger charge is 2.30. The zero-order valence-corrected chi connectivity index (χ0v) is 16.5. The predicted octanol–water partition coefficient (Wildman–Crippen LogP) is 3.31. The molecule has 2 N–H and O–H groups in total. The number of likely N-dealkylation sites (tertiary alicyclic amines) is 1. The van der Waals surface area contributed by atoms with Crippen LogP contribution in [0.1, 0.15) is 40.0 Å². The fourth-order valence-electron chi connectivity index (χ4n) is 3.20. The first kappa shape index (κ1) is 22.2. The SMILES string of the molecule is CC(C)CCNC(=O)C1CCN([C@@H](C)C(=O)Nc2ccc(F)c(F)c2F)CC1. The molecule has 1 aromatic rings. The molecule has 1 atom stereocenters. The summed E-state index contributed by atoms with van der Waals surface area (Å²) in [6.45, 7) is 7.63. The van der Waals surface area contributed by atoms with Crippen molar-refractivity contribution in [3.05, 3.63) is 29.6 Å². The Morgan fingerprint density at radius 2 is 1.75 bits per heavy atom. The zero-order chi connectivity index (χ0) is 20.8. The van der Waals surface area contributed by atoms with E-state index < -0.39 is 35.1 Å². The molecular weight excluding hydrogens is 371 g/mol. The van der Waals surface area contributed by atoms with Gasteiger partial charge in [0.15, 0.2) is 17.5 Å². The van der Waals surface area contributed by atoms with Crippen molar-refractivity contribution in [3.8, 4) is 0 Å². The minimum absolute atomic E-state index is 0.0428. The molecule has 8 heteroatoms. The number of nitrogens with zero attached hydrogens (tertiary/aromatic N) is 1. The van der Waals surface area contributed by atoms with Crippen LogP contribution in [0.2, 0.25) is 0 Å². The van der Waals surface area contributed by atoms with Crippen LogP contribution in [0.25, 0.3) is 0 Å². The summed E-state index contributed by atoms with van der Waals surface area (Å²) in [4.78, 5) is 26.5. The molecule has 0 unspecified atom stereocenters. The third kappa shape index (κ3) is 5.70. The number of rotatable bonds is 7. The number of halogens is 3. The van der Waals surface area contributed by atoms with Crippen molar-refractivity contribution in [2.45, 2.75) is 46.1 Å². The van der Waals surface area contributed by atoms with Crippen molar-refractivity contribution in [3.63, 3.8) is 0 Å². The molecular formula is C20H28F3N3O2. The monoisotopic (exact) mass is 399 g/mol. The maximum Gasteiger partial charge on any atom is 0.241 e. The molecule has 0 aliphatic carbocycles. The number of amides is 2. The molecule has 1 aromatic carbocycles. The average molecular weight is 399 g/mol. The van der Waals surface area contributed by atoms with Crippen LogP contribution in [0, 0.1) is 29.3 Å². The van der Waals surface area contributed by atoms with Crippen molar-refractivity contribution in [1.29, 1.82) is 0 Å². The maximum absolute atomic E-state index is 13.7. The normalized spacial score (nSPS) is 16.8. The van der Waals surface area contributed by atoms with Gasteiger partial charge in [0.25, 0.3) is 0 Å². The van der Waals surface area contributed by atoms with E-state index in [2.05, 4.69) is 24.5 Å². The Morgan fingerprint density at radius 3 is 2.36 bits per heavy atom. The van der Waals surface area contributed by atoms with Gasteiger partial charge in [0.1, 0.15) is 0 Å². The number of piperidine rings is 1. The first-order chi connectivity index (χ1) is 13.2. The van der Waals surface area contributed by atoms with Crippen molar-refractivity contribution in [2.24, 2.45) is 11.8 Å². The highest BCUT2D eigenvalue weighted by Crippen LogP contribution is 2.22. The second-order valence-electron chi connectivity index (χ2n) is 7.67. The van der Waals surface area contributed by atoms with Gasteiger partial charge >= 0.3 is 0 Å². The van der Waals surface area contributed by atoms with Crippen LogP contribution in [-0.2, 0) is 9.59 Å². The Kier molecular flexibility index (Phi) is 7.86. The number of nitrogens with one attached hydrogen (secondary N) is 2. The summed E-state index contributed by atoms with van der Waals surface area (Å²) in [5.74, 6) is -4.36. The van der Waals surface area contributed by atoms with Gasteiger partial charge in [0.2, 0.25) is 11.8 Å². The predicted molar refractivity (Wildman–Crippen MR) is 101 cm³/mol. The van der Waals surface area contributed by atoms with E-state index in [9.17, 15) is 22.8 Å². The lowest BCUT2D eigenvalue weighted by Gasteiger charge is -2.34. The third-order valence-corrected chi connectivity index (χ3v) is 5.14. The van der Waals surface area contributed by atoms with E-state index in [1.807, 2.05) is 4.90 Å². The summed E-state index contributed by atoms with van der Waals surface area (Å²) >= 11 is 0. The zero-order valence-electron chi connectivity index (χ0n) is 16.5. The topological polar surface area (TPSA) is 61.4 Å². The van der Waals surface area contributed by atoms with Gasteiger partial charge in [-0.25, -0.2) is 13.2 Å². The first-order valence-corrected chi connectivity index (χ1v) is 9.66. The van der Waals surface area contributed by atoms with Crippen LogP contribution in [0.5, 0.6) is 0 Å². The fourth-order valence-corrected chi connectivity index (χ4v) is 3.20. The number of anilines is 1. The summed E-state index contributed by atoms with van der Waals surface area (Å²) in [6.07, 6.45) is 2.19. The van der Waals surface area contributed by atoms with Crippen LogP contribution >= 0.6 is 0 Å². The Bertz CT molecular complexity index is 704. The minimum atomic E-state index is -1.62. The summed E-state index contributed by atoms with van der Waals surface area (Å²) < 4.78 is 40.0. The molecule has 28 heavy (non-hydrogen) atoms. The van der Waals surface area contributed by atoms with E-state index in [0.717, 1.165) is 18.6 Å². The van der Waals surface area contributed by atoms with Crippen LogP contribution in [0.3, 0.4) is 0 Å². The summed E-state index contributed by atoms with van der Waals surface area (Å²) in [6, 6.07) is 1.17. The molecule has 0 spiro atoms. The molecule has 0 saturated carbocycles. The molecule has 1 heterocycles. The van der Waals surface area contributed by atoms with E-state index in [1.54, 1.807) is 6.92 Å². The molecule has 0 bridgehead atoms. The van der Waals surface area contributed by atoms with Gasteiger partial charge < -0.3 is 10.6 Å². The fraction of sp³-hybridized carbons (Fsp3) is 0.600. The summed E-state index contributed by atoms with van der Waals surface area (Å²) in [7, 11) is 0. The van der Waals surface area contributed by atoms with E-state index in [0.29, 0.717) is 38.4 Å². The number of benzene rings is 1. The largest absolute Gasteiger partial charge is 0.356 e. The van der Waals surface area contributed by atoms with E-state index in [4.69, 9.17) is 0 Å². The highest BCUT2D eigenvalue weighted by atomic mass is 19.2. The van der Waals surface area contributed by atoms with Gasteiger partial charge in [-0.3, -0.25) is 14.5 Å². The van der Waals surface area contributed by atoms with Gasteiger partial charge in [-0.05, 0) is 57.3 Å². The smallest absolute Gasteiger partial charge is 0.241 e. The summed E-state index contributed by atoms with van der Waals surface area (Å²) in [5.41, 5.74) is -0.393. The second kappa shape index (κ2) is 9.91. The van der Waals surface area contributed by atoms with Crippen molar-refractivity contribution in [2.75, 3.05) is 25.0 Å². The molecule has 156 valence electrons. The standard InChI is InChI=1S/C20H28F3N3O2/c1-12(2)6-9-24-20(28)14-7-10-26(11-8-14)13(3)19(27)25-16-5-4-15(21)17(22)18(16)23/h4-5,12-14H,6-11H2,1-3H3,(H,24,28)(H,25,27)/t13-/m0/s1. The van der Waals surface area contributed by atoms with Crippen molar-refractivity contribution >= 4 is 17.5 Å². The minimum Gasteiger partial charge on any atom is -0.356 e. The first-order valence-electron chi connectivity index (χ1n) is 9.66. The highest BCUT2D eigenvalue weighted by molar-refractivity contribution is 5.94. The van der Waals surface area contributed by atoms with Crippen molar-refractivity contribution < 1.29 is 22.8 Å². The van der Waals surface area contributed by atoms with Gasteiger partial charge in [-0.2, -0.15) is 0 Å². The van der Waals surface area contributed by atoms with Crippen LogP contribution < -0.4 is 10.6 Å². The van der Waals surface area contributed by atoms with Crippen LogP contribution in [0.15, 0.2) is 12.1 Å². The van der Waals surface area contributed by atoms with Gasteiger partial charge in [0.05, 0.1) is 11.7 Å². The second-order valence-corrected chi connectivity index (χ2v) is 7.67. The third-order valence-electron chi connectivity index (χ3n) is 5.14. The Morgan fingerprint density at radius 1 is 1.11 bits per heavy atom. The lowest BCUT2D eigenvalue weighted by atomic mass is 9.94. The number of hydrogen-bond donors (Lipinski definition) is 2. The van der Waals surface area contributed by atoms with Crippen LogP contribution in [-0.4, -0.2) is 42.4 Å². The van der Waals surface area contributed by atoms with Crippen molar-refractivity contribution in [1.82, 2.24) is 10.2 Å². The van der Waals surface area contributed by atoms with E-state index in [-0.39, 0.29) is 11.8 Å². The molecule has 1 saturated heterocycles. The van der Waals surface area contributed by atoms with E-state index in [1.165, 1.54) is 0 Å². The molecule has 2 rings (SSSR count). The average Bonchev–Trinajstić information content (AvgIpc) is 2.67. The molecule has 5 nitrogen and oxygen atoms in total. The summed E-state index contributed by atoms with van der Waals surface area (Å²) in [5, 5.41) is 5.26. The van der Waals surface area contributed by atoms with Crippen LogP contribution in [0.4, 0.5) is 18.9 Å².